The Bertz CT molecular complexity index is 663. The quantitative estimate of drug-likeness (QED) is 0.800. The number of rotatable bonds is 4. The maximum absolute atomic E-state index is 12.9. The molecule has 3 nitrogen and oxygen atoms in total. The van der Waals surface area contributed by atoms with Crippen LogP contribution >= 0.6 is 0 Å². The molecule has 0 heterocycles. The fraction of sp³-hybridized carbons (Fsp3) is 0.381. The molecule has 1 aliphatic carbocycles. The Balaban J connectivity index is 1.77. The van der Waals surface area contributed by atoms with E-state index in [1.807, 2.05) is 61.5 Å². The van der Waals surface area contributed by atoms with Crippen molar-refractivity contribution >= 4 is 17.4 Å². The third-order valence-corrected chi connectivity index (χ3v) is 4.74. The molecule has 2 amide bonds. The Morgan fingerprint density at radius 1 is 1.00 bits per heavy atom. The number of carbonyl (C=O) groups is 1. The molecule has 0 atom stereocenters. The van der Waals surface area contributed by atoms with Crippen LogP contribution in [0.15, 0.2) is 54.6 Å². The Kier molecular flexibility index (Phi) is 5.52. The second-order valence-electron chi connectivity index (χ2n) is 6.70. The Morgan fingerprint density at radius 2 is 1.71 bits per heavy atom. The van der Waals surface area contributed by atoms with Gasteiger partial charge >= 0.3 is 6.03 Å². The predicted molar refractivity (Wildman–Crippen MR) is 99.7 cm³/mol. The Morgan fingerprint density at radius 3 is 2.42 bits per heavy atom. The Labute approximate surface area is 144 Å². The first kappa shape index (κ1) is 16.6. The third kappa shape index (κ3) is 4.16. The minimum absolute atomic E-state index is 0.0441. The number of hydrogen-bond donors (Lipinski definition) is 1. The maximum atomic E-state index is 12.9. The van der Waals surface area contributed by atoms with Crippen molar-refractivity contribution in [2.24, 2.45) is 5.92 Å². The number of para-hydroxylation sites is 1. The van der Waals surface area contributed by atoms with Crippen LogP contribution in [-0.4, -0.2) is 12.6 Å². The summed E-state index contributed by atoms with van der Waals surface area (Å²) in [5.41, 5.74) is 2.94. The predicted octanol–water partition coefficient (Wildman–Crippen LogP) is 5.42. The molecule has 0 aliphatic heterocycles. The molecule has 3 heteroatoms. The van der Waals surface area contributed by atoms with Gasteiger partial charge in [0.05, 0.1) is 11.4 Å². The summed E-state index contributed by atoms with van der Waals surface area (Å²) in [5.74, 6) is 0.623. The monoisotopic (exact) mass is 322 g/mol. The van der Waals surface area contributed by atoms with E-state index in [0.717, 1.165) is 23.5 Å². The van der Waals surface area contributed by atoms with Crippen molar-refractivity contribution in [2.45, 2.75) is 39.0 Å². The lowest BCUT2D eigenvalue weighted by atomic mass is 9.89. The molecule has 1 N–H and O–H groups in total. The molecule has 24 heavy (non-hydrogen) atoms. The summed E-state index contributed by atoms with van der Waals surface area (Å²) in [4.78, 5) is 14.7. The molecule has 1 aliphatic rings. The number of urea groups is 1. The van der Waals surface area contributed by atoms with Gasteiger partial charge in [0, 0.05) is 6.54 Å². The largest absolute Gasteiger partial charge is 0.337 e. The summed E-state index contributed by atoms with van der Waals surface area (Å²) in [5, 5.41) is 3.16. The number of benzene rings is 2. The fourth-order valence-corrected chi connectivity index (χ4v) is 3.43. The highest BCUT2D eigenvalue weighted by Gasteiger charge is 2.20. The summed E-state index contributed by atoms with van der Waals surface area (Å²) in [6.45, 7) is 2.82. The van der Waals surface area contributed by atoms with E-state index in [1.54, 1.807) is 4.90 Å². The number of carbonyl (C=O) groups excluding carboxylic acids is 1. The van der Waals surface area contributed by atoms with Gasteiger partial charge in [-0.1, -0.05) is 49.6 Å². The molecule has 0 saturated heterocycles. The van der Waals surface area contributed by atoms with Gasteiger partial charge in [-0.05, 0) is 55.5 Å². The first-order chi connectivity index (χ1) is 11.7. The topological polar surface area (TPSA) is 32.3 Å². The van der Waals surface area contributed by atoms with Gasteiger partial charge in [-0.3, -0.25) is 4.90 Å². The van der Waals surface area contributed by atoms with Gasteiger partial charge < -0.3 is 5.32 Å². The van der Waals surface area contributed by atoms with Gasteiger partial charge in [0.15, 0.2) is 0 Å². The van der Waals surface area contributed by atoms with Gasteiger partial charge in [0.2, 0.25) is 0 Å². The van der Waals surface area contributed by atoms with Crippen LogP contribution in [0.4, 0.5) is 16.2 Å². The van der Waals surface area contributed by atoms with Gasteiger partial charge in [-0.15, -0.1) is 0 Å². The van der Waals surface area contributed by atoms with E-state index in [4.69, 9.17) is 0 Å². The normalized spacial score (nSPS) is 15.0. The van der Waals surface area contributed by atoms with Gasteiger partial charge in [-0.2, -0.15) is 0 Å². The highest BCUT2D eigenvalue weighted by atomic mass is 16.2. The van der Waals surface area contributed by atoms with Crippen LogP contribution in [0.1, 0.15) is 37.7 Å². The lowest BCUT2D eigenvalue weighted by Gasteiger charge is -2.26. The van der Waals surface area contributed by atoms with E-state index in [9.17, 15) is 4.79 Å². The molecule has 0 aromatic heterocycles. The molecular weight excluding hydrogens is 296 g/mol. The summed E-state index contributed by atoms with van der Waals surface area (Å²) < 4.78 is 0. The molecule has 0 unspecified atom stereocenters. The van der Waals surface area contributed by atoms with Crippen LogP contribution in [0.3, 0.4) is 0 Å². The molecule has 0 spiro atoms. The summed E-state index contributed by atoms with van der Waals surface area (Å²) in [6.07, 6.45) is 6.39. The van der Waals surface area contributed by atoms with Crippen molar-refractivity contribution in [3.8, 4) is 0 Å². The van der Waals surface area contributed by atoms with Gasteiger partial charge in [0.25, 0.3) is 0 Å². The van der Waals surface area contributed by atoms with Crippen LogP contribution in [0, 0.1) is 12.8 Å². The Hall–Kier alpha value is -2.29. The number of nitrogens with zero attached hydrogens (tertiary/aromatic N) is 1. The van der Waals surface area contributed by atoms with E-state index in [-0.39, 0.29) is 6.03 Å². The molecular formula is C21H26N2O. The average molecular weight is 322 g/mol. The lowest BCUT2D eigenvalue weighted by molar-refractivity contribution is 0.244. The highest BCUT2D eigenvalue weighted by molar-refractivity contribution is 5.99. The van der Waals surface area contributed by atoms with Gasteiger partial charge in [-0.25, -0.2) is 4.79 Å². The van der Waals surface area contributed by atoms with Gasteiger partial charge in [0.1, 0.15) is 0 Å². The van der Waals surface area contributed by atoms with Crippen molar-refractivity contribution in [3.05, 3.63) is 60.2 Å². The minimum Gasteiger partial charge on any atom is -0.337 e. The fourth-order valence-electron chi connectivity index (χ4n) is 3.43. The van der Waals surface area contributed by atoms with Crippen LogP contribution in [-0.2, 0) is 0 Å². The van der Waals surface area contributed by atoms with Crippen LogP contribution in [0.5, 0.6) is 0 Å². The van der Waals surface area contributed by atoms with Crippen molar-refractivity contribution < 1.29 is 4.79 Å². The SMILES string of the molecule is Cc1cccc(N(C(=O)NCC2CCCCC2)c2ccccc2)c1. The zero-order valence-corrected chi connectivity index (χ0v) is 14.4. The first-order valence-electron chi connectivity index (χ1n) is 8.94. The number of anilines is 2. The lowest BCUT2D eigenvalue weighted by Crippen LogP contribution is -2.39. The number of amides is 2. The molecule has 0 radical (unpaired) electrons. The van der Waals surface area contributed by atoms with E-state index in [0.29, 0.717) is 5.92 Å². The van der Waals surface area contributed by atoms with Crippen molar-refractivity contribution in [1.29, 1.82) is 0 Å². The van der Waals surface area contributed by atoms with Crippen LogP contribution in [0.25, 0.3) is 0 Å². The first-order valence-corrected chi connectivity index (χ1v) is 8.94. The van der Waals surface area contributed by atoms with Crippen molar-refractivity contribution in [1.82, 2.24) is 5.32 Å². The van der Waals surface area contributed by atoms with E-state index < -0.39 is 0 Å². The zero-order valence-electron chi connectivity index (χ0n) is 14.4. The van der Waals surface area contributed by atoms with Crippen LogP contribution < -0.4 is 10.2 Å². The summed E-state index contributed by atoms with van der Waals surface area (Å²) in [7, 11) is 0. The summed E-state index contributed by atoms with van der Waals surface area (Å²) in [6, 6.07) is 17.9. The maximum Gasteiger partial charge on any atom is 0.326 e. The van der Waals surface area contributed by atoms with E-state index >= 15 is 0 Å². The van der Waals surface area contributed by atoms with E-state index in [1.165, 1.54) is 32.1 Å². The van der Waals surface area contributed by atoms with Crippen LogP contribution in [0.2, 0.25) is 0 Å². The minimum atomic E-state index is -0.0441. The number of hydrogen-bond acceptors (Lipinski definition) is 1. The zero-order chi connectivity index (χ0) is 16.8. The molecule has 3 rings (SSSR count). The summed E-state index contributed by atoms with van der Waals surface area (Å²) >= 11 is 0. The third-order valence-electron chi connectivity index (χ3n) is 4.74. The number of nitrogens with one attached hydrogen (secondary N) is 1. The molecule has 1 fully saturated rings. The molecule has 126 valence electrons. The van der Waals surface area contributed by atoms with Crippen molar-refractivity contribution in [2.75, 3.05) is 11.4 Å². The molecule has 1 saturated carbocycles. The molecule has 0 bridgehead atoms. The van der Waals surface area contributed by atoms with E-state index in [2.05, 4.69) is 5.32 Å². The standard InChI is InChI=1S/C21H26N2O/c1-17-9-8-14-20(15-17)23(19-12-6-3-7-13-19)21(24)22-16-18-10-4-2-5-11-18/h3,6-9,12-15,18H,2,4-5,10-11,16H2,1H3,(H,22,24). The van der Waals surface area contributed by atoms with Crippen molar-refractivity contribution in [3.63, 3.8) is 0 Å². The highest BCUT2D eigenvalue weighted by Crippen LogP contribution is 2.27. The molecule has 2 aromatic carbocycles. The second-order valence-corrected chi connectivity index (χ2v) is 6.70. The molecule has 2 aromatic rings. The average Bonchev–Trinajstić information content (AvgIpc) is 2.62. The smallest absolute Gasteiger partial charge is 0.326 e. The number of aryl methyl sites for hydroxylation is 1. The second kappa shape index (κ2) is 8.00.